The second-order valence-corrected chi connectivity index (χ2v) is 7.35. The van der Waals surface area contributed by atoms with Crippen LogP contribution in [-0.4, -0.2) is 64.5 Å². The lowest BCUT2D eigenvalue weighted by Gasteiger charge is -2.38. The maximum Gasteiger partial charge on any atom is 0.237 e. The molecule has 1 N–H and O–H groups in total. The molecule has 0 spiro atoms. The number of carbonyl (C=O) groups excluding carboxylic acids is 1. The lowest BCUT2D eigenvalue weighted by atomic mass is 9.87. The zero-order valence-electron chi connectivity index (χ0n) is 17.5. The zero-order chi connectivity index (χ0) is 20.9. The van der Waals surface area contributed by atoms with Gasteiger partial charge in [-0.3, -0.25) is 4.79 Å². The van der Waals surface area contributed by atoms with Gasteiger partial charge in [0.15, 0.2) is 11.5 Å². The first kappa shape index (κ1) is 20.5. The van der Waals surface area contributed by atoms with Crippen molar-refractivity contribution in [2.45, 2.75) is 12.5 Å². The van der Waals surface area contributed by atoms with Crippen LogP contribution in [-0.2, 0) is 16.0 Å². The Morgan fingerprint density at radius 1 is 1.03 bits per heavy atom. The lowest BCUT2D eigenvalue weighted by Crippen LogP contribution is -2.45. The van der Waals surface area contributed by atoms with E-state index in [0.717, 1.165) is 23.3 Å². The first-order valence-electron chi connectivity index (χ1n) is 10.3. The van der Waals surface area contributed by atoms with E-state index in [1.54, 1.807) is 14.2 Å². The largest absolute Gasteiger partial charge is 0.493 e. The highest BCUT2D eigenvalue weighted by molar-refractivity contribution is 5.80. The topological polar surface area (TPSA) is 69.3 Å². The van der Waals surface area contributed by atoms with E-state index in [0.29, 0.717) is 44.4 Å². The minimum atomic E-state index is -0.196. The molecule has 5 rings (SSSR count). The zero-order valence-corrected chi connectivity index (χ0v) is 17.5. The van der Waals surface area contributed by atoms with Gasteiger partial charge in [0.1, 0.15) is 12.4 Å². The molecule has 30 heavy (non-hydrogen) atoms. The highest BCUT2D eigenvalue weighted by Crippen LogP contribution is 2.41. The Hall–Kier alpha value is -2.77. The molecule has 2 aromatic rings. The van der Waals surface area contributed by atoms with Crippen LogP contribution in [0.15, 0.2) is 36.4 Å². The van der Waals surface area contributed by atoms with Crippen molar-refractivity contribution in [1.82, 2.24) is 10.2 Å². The van der Waals surface area contributed by atoms with Crippen molar-refractivity contribution in [2.24, 2.45) is 0 Å². The third kappa shape index (κ3) is 4.22. The number of ether oxygens (including phenoxy) is 4. The molecule has 0 aromatic heterocycles. The Kier molecular flexibility index (Phi) is 6.40. The monoisotopic (exact) mass is 412 g/mol. The van der Waals surface area contributed by atoms with Crippen LogP contribution in [0.5, 0.6) is 17.2 Å². The minimum Gasteiger partial charge on any atom is -0.493 e. The van der Waals surface area contributed by atoms with Crippen molar-refractivity contribution in [1.29, 1.82) is 0 Å². The number of rotatable bonds is 2. The molecule has 7 heteroatoms. The summed E-state index contributed by atoms with van der Waals surface area (Å²) in [7, 11) is 3.27. The Balaban J connectivity index is 1.76. The van der Waals surface area contributed by atoms with E-state index in [9.17, 15) is 4.79 Å². The van der Waals surface area contributed by atoms with Crippen molar-refractivity contribution in [3.63, 3.8) is 0 Å². The van der Waals surface area contributed by atoms with Crippen molar-refractivity contribution in [3.05, 3.63) is 53.1 Å². The van der Waals surface area contributed by atoms with Gasteiger partial charge in [0.2, 0.25) is 5.91 Å². The molecule has 1 atom stereocenters. The summed E-state index contributed by atoms with van der Waals surface area (Å²) in [6, 6.07) is 11.8. The van der Waals surface area contributed by atoms with E-state index in [4.69, 9.17) is 18.9 Å². The molecule has 0 aliphatic carbocycles. The van der Waals surface area contributed by atoms with Crippen LogP contribution in [0, 0.1) is 0 Å². The smallest absolute Gasteiger partial charge is 0.237 e. The maximum atomic E-state index is 13.1. The maximum absolute atomic E-state index is 13.1. The van der Waals surface area contributed by atoms with Gasteiger partial charge in [0.05, 0.1) is 40.0 Å². The Labute approximate surface area is 176 Å². The molecule has 2 aromatic carbocycles. The summed E-state index contributed by atoms with van der Waals surface area (Å²) in [4.78, 5) is 15.1. The first-order valence-corrected chi connectivity index (χ1v) is 10.3. The second-order valence-electron chi connectivity index (χ2n) is 7.35. The second kappa shape index (κ2) is 9.36. The summed E-state index contributed by atoms with van der Waals surface area (Å²) in [6.45, 7) is 3.09. The average molecular weight is 412 g/mol. The molecule has 1 amide bonds. The van der Waals surface area contributed by atoms with E-state index >= 15 is 0 Å². The van der Waals surface area contributed by atoms with Crippen molar-refractivity contribution < 1.29 is 23.7 Å². The van der Waals surface area contributed by atoms with Crippen LogP contribution in [0.2, 0.25) is 0 Å². The number of nitrogens with one attached hydrogen (secondary N) is 1. The van der Waals surface area contributed by atoms with Crippen LogP contribution in [0.25, 0.3) is 0 Å². The minimum absolute atomic E-state index is 0.0654. The van der Waals surface area contributed by atoms with Crippen LogP contribution in [0.4, 0.5) is 0 Å². The molecule has 160 valence electrons. The van der Waals surface area contributed by atoms with Gasteiger partial charge >= 0.3 is 0 Å². The van der Waals surface area contributed by atoms with E-state index in [-0.39, 0.29) is 18.5 Å². The summed E-state index contributed by atoms with van der Waals surface area (Å²) < 4.78 is 22.3. The van der Waals surface area contributed by atoms with E-state index in [2.05, 4.69) is 5.32 Å². The number of nitrogens with zero attached hydrogens (tertiary/aromatic N) is 1. The molecule has 0 saturated carbocycles. The predicted octanol–water partition coefficient (Wildman–Crippen LogP) is 2.18. The van der Waals surface area contributed by atoms with Gasteiger partial charge < -0.3 is 29.2 Å². The molecule has 3 heterocycles. The van der Waals surface area contributed by atoms with Gasteiger partial charge in [0, 0.05) is 13.1 Å². The van der Waals surface area contributed by atoms with Crippen LogP contribution >= 0.6 is 0 Å². The average Bonchev–Trinajstić information content (AvgIpc) is 2.79. The van der Waals surface area contributed by atoms with Crippen LogP contribution in [0.3, 0.4) is 0 Å². The van der Waals surface area contributed by atoms with E-state index in [1.165, 1.54) is 5.56 Å². The quantitative estimate of drug-likeness (QED) is 0.763. The number of amides is 1. The molecule has 0 radical (unpaired) electrons. The van der Waals surface area contributed by atoms with Gasteiger partial charge in [-0.25, -0.2) is 0 Å². The molecule has 1 unspecified atom stereocenters. The van der Waals surface area contributed by atoms with Gasteiger partial charge in [-0.15, -0.1) is 0 Å². The molecule has 7 nitrogen and oxygen atoms in total. The van der Waals surface area contributed by atoms with Crippen LogP contribution < -0.4 is 19.5 Å². The fourth-order valence-electron chi connectivity index (χ4n) is 4.08. The number of methoxy groups -OCH3 is 2. The summed E-state index contributed by atoms with van der Waals surface area (Å²) >= 11 is 0. The number of carbonyl (C=O) groups is 1. The molecule has 3 aliphatic rings. The molecular formula is C23H28N2O5. The van der Waals surface area contributed by atoms with Crippen molar-refractivity contribution in [3.8, 4) is 17.2 Å². The number of hydrogen-bond acceptors (Lipinski definition) is 6. The summed E-state index contributed by atoms with van der Waals surface area (Å²) in [6.07, 6.45) is 0.766. The van der Waals surface area contributed by atoms with Crippen molar-refractivity contribution in [2.75, 3.05) is 53.7 Å². The highest BCUT2D eigenvalue weighted by Gasteiger charge is 2.33. The Morgan fingerprint density at radius 2 is 1.80 bits per heavy atom. The third-order valence-corrected chi connectivity index (χ3v) is 5.59. The number of hydrogen-bond donors (Lipinski definition) is 1. The van der Waals surface area contributed by atoms with Gasteiger partial charge in [-0.2, -0.15) is 0 Å². The predicted molar refractivity (Wildman–Crippen MR) is 112 cm³/mol. The molecule has 0 saturated heterocycles. The molecular weight excluding hydrogens is 384 g/mol. The fraction of sp³-hybridized carbons (Fsp3) is 0.435. The molecule has 0 fully saturated rings. The summed E-state index contributed by atoms with van der Waals surface area (Å²) in [5.41, 5.74) is 3.27. The number of fused-ring (bicyclic) bond motifs is 11. The fourth-order valence-corrected chi connectivity index (χ4v) is 4.08. The lowest BCUT2D eigenvalue weighted by molar-refractivity contribution is -0.132. The summed E-state index contributed by atoms with van der Waals surface area (Å²) in [5, 5.41) is 3.19. The standard InChI is InChI=1S/C23H28N2O5/c1-27-20-13-17-7-9-25-22(26)15-24-8-10-29-11-12-30-18-5-3-16(4-6-18)23(25)19(17)14-21(20)28-2/h3-6,13-14,23-24H,7-12,15H2,1-2H3. The van der Waals surface area contributed by atoms with E-state index < -0.39 is 0 Å². The third-order valence-electron chi connectivity index (χ3n) is 5.59. The molecule has 3 aliphatic heterocycles. The highest BCUT2D eigenvalue weighted by atomic mass is 16.5. The van der Waals surface area contributed by atoms with Gasteiger partial charge in [0.25, 0.3) is 0 Å². The van der Waals surface area contributed by atoms with Crippen LogP contribution in [0.1, 0.15) is 22.7 Å². The Morgan fingerprint density at radius 3 is 2.57 bits per heavy atom. The first-order chi connectivity index (χ1) is 14.7. The normalized spacial score (nSPS) is 19.7. The Bertz CT molecular complexity index is 884. The van der Waals surface area contributed by atoms with Crippen molar-refractivity contribution >= 4 is 5.91 Å². The van der Waals surface area contributed by atoms with E-state index in [1.807, 2.05) is 41.3 Å². The molecule has 2 bridgehead atoms. The van der Waals surface area contributed by atoms with Gasteiger partial charge in [-0.1, -0.05) is 12.1 Å². The van der Waals surface area contributed by atoms with Gasteiger partial charge in [-0.05, 0) is 47.4 Å². The number of benzene rings is 2. The summed E-state index contributed by atoms with van der Waals surface area (Å²) in [5.74, 6) is 2.22. The SMILES string of the molecule is COc1cc2c(cc1OC)C1c3ccc(cc3)OCCOCCNCC(=O)N1CC2.